The van der Waals surface area contributed by atoms with Crippen molar-refractivity contribution in [2.24, 2.45) is 0 Å². The summed E-state index contributed by atoms with van der Waals surface area (Å²) in [6.07, 6.45) is 7.16. The second-order valence-electron chi connectivity index (χ2n) is 5.81. The number of terminal acetylenes is 1. The summed E-state index contributed by atoms with van der Waals surface area (Å²) in [7, 11) is 0. The van der Waals surface area contributed by atoms with Crippen LogP contribution in [-0.2, 0) is 4.79 Å². The van der Waals surface area contributed by atoms with Crippen LogP contribution < -0.4 is 10.6 Å². The van der Waals surface area contributed by atoms with E-state index in [1.165, 1.54) is 0 Å². The number of carbonyl (C=O) groups excluding carboxylic acids is 1. The van der Waals surface area contributed by atoms with Crippen molar-refractivity contribution in [1.29, 1.82) is 0 Å². The molecule has 18 heavy (non-hydrogen) atoms. The van der Waals surface area contributed by atoms with Gasteiger partial charge < -0.3 is 5.32 Å². The summed E-state index contributed by atoms with van der Waals surface area (Å²) in [6.45, 7) is 9.54. The molecule has 0 atom stereocenters. The standard InChI is InChI=1S/C14H25N3O/c1-5-8-15-11-13(18)16-12-6-9-17(10-7-12)14(2,3)4/h1,12,15H,6-11H2,2-4H3,(H,16,18). The number of carbonyl (C=O) groups is 1. The quantitative estimate of drug-likeness (QED) is 0.568. The van der Waals surface area contributed by atoms with E-state index in [1.807, 2.05) is 0 Å². The fourth-order valence-electron chi connectivity index (χ4n) is 2.22. The van der Waals surface area contributed by atoms with Crippen LogP contribution in [0.2, 0.25) is 0 Å². The van der Waals surface area contributed by atoms with Crippen molar-refractivity contribution in [3.8, 4) is 12.3 Å². The molecule has 0 aliphatic carbocycles. The van der Waals surface area contributed by atoms with E-state index in [2.05, 4.69) is 42.2 Å². The molecular formula is C14H25N3O. The molecule has 0 saturated carbocycles. The predicted molar refractivity (Wildman–Crippen MR) is 74.2 cm³/mol. The lowest BCUT2D eigenvalue weighted by Gasteiger charge is -2.41. The Bertz CT molecular complexity index is 306. The number of hydrogen-bond acceptors (Lipinski definition) is 3. The number of nitrogens with zero attached hydrogens (tertiary/aromatic N) is 1. The Morgan fingerprint density at radius 2 is 2.00 bits per heavy atom. The fourth-order valence-corrected chi connectivity index (χ4v) is 2.22. The topological polar surface area (TPSA) is 44.4 Å². The lowest BCUT2D eigenvalue weighted by Crippen LogP contribution is -2.51. The molecule has 0 aromatic heterocycles. The Hall–Kier alpha value is -1.05. The van der Waals surface area contributed by atoms with Crippen molar-refractivity contribution in [2.75, 3.05) is 26.2 Å². The largest absolute Gasteiger partial charge is 0.352 e. The average Bonchev–Trinajstić information content (AvgIpc) is 2.29. The van der Waals surface area contributed by atoms with Crippen LogP contribution in [0.25, 0.3) is 0 Å². The van der Waals surface area contributed by atoms with E-state index >= 15 is 0 Å². The van der Waals surface area contributed by atoms with Gasteiger partial charge in [0.25, 0.3) is 0 Å². The van der Waals surface area contributed by atoms with Crippen molar-refractivity contribution in [3.63, 3.8) is 0 Å². The maximum absolute atomic E-state index is 11.6. The maximum atomic E-state index is 11.6. The van der Waals surface area contributed by atoms with Gasteiger partial charge in [-0.1, -0.05) is 5.92 Å². The summed E-state index contributed by atoms with van der Waals surface area (Å²) < 4.78 is 0. The Morgan fingerprint density at radius 1 is 1.39 bits per heavy atom. The minimum absolute atomic E-state index is 0.0412. The predicted octanol–water partition coefficient (Wildman–Crippen LogP) is 0.588. The van der Waals surface area contributed by atoms with Gasteiger partial charge in [0.2, 0.25) is 5.91 Å². The molecule has 1 aliphatic heterocycles. The van der Waals surface area contributed by atoms with Crippen molar-refractivity contribution >= 4 is 5.91 Å². The molecule has 1 rings (SSSR count). The lowest BCUT2D eigenvalue weighted by molar-refractivity contribution is -0.121. The zero-order valence-corrected chi connectivity index (χ0v) is 11.8. The maximum Gasteiger partial charge on any atom is 0.234 e. The van der Waals surface area contributed by atoms with Gasteiger partial charge in [-0.3, -0.25) is 15.0 Å². The second-order valence-corrected chi connectivity index (χ2v) is 5.81. The first-order valence-electron chi connectivity index (χ1n) is 6.62. The van der Waals surface area contributed by atoms with E-state index in [9.17, 15) is 4.79 Å². The molecule has 1 fully saturated rings. The highest BCUT2D eigenvalue weighted by atomic mass is 16.1. The molecule has 0 radical (unpaired) electrons. The summed E-state index contributed by atoms with van der Waals surface area (Å²) in [6, 6.07) is 0.309. The summed E-state index contributed by atoms with van der Waals surface area (Å²) in [4.78, 5) is 14.1. The van der Waals surface area contributed by atoms with Gasteiger partial charge in [0, 0.05) is 24.7 Å². The van der Waals surface area contributed by atoms with Crippen molar-refractivity contribution in [2.45, 2.75) is 45.2 Å². The van der Waals surface area contributed by atoms with Crippen molar-refractivity contribution in [1.82, 2.24) is 15.5 Å². The van der Waals surface area contributed by atoms with E-state index in [4.69, 9.17) is 6.42 Å². The Balaban J connectivity index is 2.23. The van der Waals surface area contributed by atoms with Gasteiger partial charge in [-0.05, 0) is 33.6 Å². The number of hydrogen-bond donors (Lipinski definition) is 2. The van der Waals surface area contributed by atoms with Crippen LogP contribution in [0.15, 0.2) is 0 Å². The number of piperidine rings is 1. The highest BCUT2D eigenvalue weighted by Crippen LogP contribution is 2.19. The lowest BCUT2D eigenvalue weighted by atomic mass is 9.98. The van der Waals surface area contributed by atoms with E-state index < -0.39 is 0 Å². The molecule has 4 nitrogen and oxygen atoms in total. The second kappa shape index (κ2) is 6.77. The number of nitrogens with one attached hydrogen (secondary N) is 2. The highest BCUT2D eigenvalue weighted by molar-refractivity contribution is 5.78. The van der Waals surface area contributed by atoms with Crippen LogP contribution in [0.4, 0.5) is 0 Å². The zero-order valence-electron chi connectivity index (χ0n) is 11.8. The van der Waals surface area contributed by atoms with Crippen LogP contribution in [0, 0.1) is 12.3 Å². The minimum atomic E-state index is 0.0412. The molecule has 1 heterocycles. The molecule has 2 N–H and O–H groups in total. The fraction of sp³-hybridized carbons (Fsp3) is 0.786. The van der Waals surface area contributed by atoms with Crippen LogP contribution in [0.1, 0.15) is 33.6 Å². The summed E-state index contributed by atoms with van der Waals surface area (Å²) in [5.41, 5.74) is 0.226. The van der Waals surface area contributed by atoms with Crippen molar-refractivity contribution < 1.29 is 4.79 Å². The van der Waals surface area contributed by atoms with E-state index in [0.29, 0.717) is 19.1 Å². The van der Waals surface area contributed by atoms with Crippen LogP contribution in [0.5, 0.6) is 0 Å². The average molecular weight is 251 g/mol. The van der Waals surface area contributed by atoms with Gasteiger partial charge in [0.1, 0.15) is 0 Å². The van der Waals surface area contributed by atoms with E-state index in [0.717, 1.165) is 25.9 Å². The first-order chi connectivity index (χ1) is 8.43. The van der Waals surface area contributed by atoms with E-state index in [-0.39, 0.29) is 11.4 Å². The Kier molecular flexibility index (Phi) is 5.64. The first kappa shape index (κ1) is 15.0. The molecule has 0 unspecified atom stereocenters. The van der Waals surface area contributed by atoms with E-state index in [1.54, 1.807) is 0 Å². The molecule has 4 heteroatoms. The number of likely N-dealkylation sites (tertiary alicyclic amines) is 1. The Morgan fingerprint density at radius 3 is 2.50 bits per heavy atom. The molecule has 1 aliphatic rings. The number of rotatable bonds is 4. The van der Waals surface area contributed by atoms with Crippen LogP contribution in [0.3, 0.4) is 0 Å². The minimum Gasteiger partial charge on any atom is -0.352 e. The summed E-state index contributed by atoms with van der Waals surface area (Å²) in [5.74, 6) is 2.49. The molecule has 1 saturated heterocycles. The summed E-state index contributed by atoms with van der Waals surface area (Å²) in [5, 5.41) is 5.95. The molecule has 0 aromatic carbocycles. The Labute approximate surface area is 110 Å². The summed E-state index contributed by atoms with van der Waals surface area (Å²) >= 11 is 0. The molecule has 0 bridgehead atoms. The van der Waals surface area contributed by atoms with Crippen LogP contribution >= 0.6 is 0 Å². The molecule has 1 amide bonds. The monoisotopic (exact) mass is 251 g/mol. The third kappa shape index (κ3) is 5.07. The SMILES string of the molecule is C#CCNCC(=O)NC1CCN(C(C)(C)C)CC1. The molecular weight excluding hydrogens is 226 g/mol. The molecule has 0 spiro atoms. The van der Waals surface area contributed by atoms with Gasteiger partial charge in [-0.15, -0.1) is 6.42 Å². The van der Waals surface area contributed by atoms with Gasteiger partial charge in [-0.25, -0.2) is 0 Å². The smallest absolute Gasteiger partial charge is 0.234 e. The third-order valence-corrected chi connectivity index (χ3v) is 3.32. The van der Waals surface area contributed by atoms with Gasteiger partial charge in [0.15, 0.2) is 0 Å². The first-order valence-corrected chi connectivity index (χ1v) is 6.62. The number of amides is 1. The van der Waals surface area contributed by atoms with Gasteiger partial charge >= 0.3 is 0 Å². The van der Waals surface area contributed by atoms with Gasteiger partial charge in [-0.2, -0.15) is 0 Å². The third-order valence-electron chi connectivity index (χ3n) is 3.32. The highest BCUT2D eigenvalue weighted by Gasteiger charge is 2.27. The normalized spacial score (nSPS) is 18.3. The van der Waals surface area contributed by atoms with Gasteiger partial charge in [0.05, 0.1) is 13.1 Å². The molecule has 102 valence electrons. The zero-order chi connectivity index (χ0) is 13.6. The van der Waals surface area contributed by atoms with Crippen LogP contribution in [-0.4, -0.2) is 48.6 Å². The molecule has 0 aromatic rings. The van der Waals surface area contributed by atoms with Crippen molar-refractivity contribution in [3.05, 3.63) is 0 Å².